The van der Waals surface area contributed by atoms with Crippen LogP contribution in [-0.4, -0.2) is 6.61 Å². The monoisotopic (exact) mass is 194 g/mol. The minimum atomic E-state index is 0.484. The highest BCUT2D eigenvalue weighted by Gasteiger charge is 2.07. The molecule has 78 valence electrons. The smallest absolute Gasteiger partial charge is 0.211 e. The van der Waals surface area contributed by atoms with Crippen LogP contribution in [0, 0.1) is 5.92 Å². The number of hydrogen-bond donors (Lipinski definition) is 0. The van der Waals surface area contributed by atoms with Crippen LogP contribution in [0.25, 0.3) is 0 Å². The summed E-state index contributed by atoms with van der Waals surface area (Å²) >= 11 is 0. The third-order valence-corrected chi connectivity index (χ3v) is 1.97. The highest BCUT2D eigenvalue weighted by molar-refractivity contribution is 5.12. The Balaban J connectivity index is 2.64. The maximum atomic E-state index is 5.64. The lowest BCUT2D eigenvalue weighted by atomic mass is 10.2. The predicted molar refractivity (Wildman–Crippen MR) is 57.4 cm³/mol. The van der Waals surface area contributed by atoms with Gasteiger partial charge in [-0.15, -0.1) is 0 Å². The molecule has 0 unspecified atom stereocenters. The SMILES string of the molecule is CC(C)COc1ccc[n+](C(C)C)c1. The molecule has 1 aromatic heterocycles. The molecule has 1 heterocycles. The molecular weight excluding hydrogens is 174 g/mol. The van der Waals surface area contributed by atoms with Crippen LogP contribution in [0.1, 0.15) is 33.7 Å². The van der Waals surface area contributed by atoms with Crippen molar-refractivity contribution >= 4 is 0 Å². The van der Waals surface area contributed by atoms with Crippen LogP contribution in [0.3, 0.4) is 0 Å². The van der Waals surface area contributed by atoms with E-state index in [2.05, 4.69) is 38.5 Å². The Morgan fingerprint density at radius 3 is 2.57 bits per heavy atom. The molecule has 2 heteroatoms. The normalized spacial score (nSPS) is 11.0. The molecule has 0 aromatic carbocycles. The van der Waals surface area contributed by atoms with Gasteiger partial charge in [0.2, 0.25) is 6.20 Å². The third kappa shape index (κ3) is 3.36. The van der Waals surface area contributed by atoms with E-state index in [-0.39, 0.29) is 0 Å². The molecule has 0 saturated carbocycles. The fourth-order valence-electron chi connectivity index (χ4n) is 1.14. The summed E-state index contributed by atoms with van der Waals surface area (Å²) in [5.74, 6) is 1.53. The van der Waals surface area contributed by atoms with Gasteiger partial charge >= 0.3 is 0 Å². The summed E-state index contributed by atoms with van der Waals surface area (Å²) in [6.07, 6.45) is 4.11. The molecule has 14 heavy (non-hydrogen) atoms. The third-order valence-electron chi connectivity index (χ3n) is 1.97. The van der Waals surface area contributed by atoms with E-state index in [4.69, 9.17) is 4.74 Å². The number of hydrogen-bond acceptors (Lipinski definition) is 1. The summed E-state index contributed by atoms with van der Waals surface area (Å²) in [7, 11) is 0. The van der Waals surface area contributed by atoms with E-state index in [1.54, 1.807) is 0 Å². The van der Waals surface area contributed by atoms with Gasteiger partial charge in [0.25, 0.3) is 0 Å². The van der Waals surface area contributed by atoms with Crippen molar-refractivity contribution in [2.75, 3.05) is 6.61 Å². The molecule has 0 fully saturated rings. The van der Waals surface area contributed by atoms with Crippen LogP contribution in [0.4, 0.5) is 0 Å². The molecule has 0 spiro atoms. The van der Waals surface area contributed by atoms with Crippen molar-refractivity contribution in [3.8, 4) is 5.75 Å². The Kier molecular flexibility index (Phi) is 3.93. The number of pyridine rings is 1. The molecular formula is C12H20NO+. The van der Waals surface area contributed by atoms with Crippen molar-refractivity contribution in [1.29, 1.82) is 0 Å². The topological polar surface area (TPSA) is 13.1 Å². The quantitative estimate of drug-likeness (QED) is 0.671. The predicted octanol–water partition coefficient (Wildman–Crippen LogP) is 2.59. The summed E-state index contributed by atoms with van der Waals surface area (Å²) in [5, 5.41) is 0. The second-order valence-corrected chi connectivity index (χ2v) is 4.29. The molecule has 0 aliphatic heterocycles. The molecule has 2 nitrogen and oxygen atoms in total. The summed E-state index contributed by atoms with van der Waals surface area (Å²) in [5.41, 5.74) is 0. The van der Waals surface area contributed by atoms with Gasteiger partial charge in [-0.2, -0.15) is 4.57 Å². The summed E-state index contributed by atoms with van der Waals surface area (Å²) in [4.78, 5) is 0. The molecule has 0 N–H and O–H groups in total. The van der Waals surface area contributed by atoms with E-state index in [0.29, 0.717) is 12.0 Å². The Hall–Kier alpha value is -1.05. The van der Waals surface area contributed by atoms with Gasteiger partial charge < -0.3 is 4.74 Å². The molecule has 1 aromatic rings. The zero-order valence-corrected chi connectivity index (χ0v) is 9.53. The first-order valence-electron chi connectivity index (χ1n) is 5.23. The molecule has 0 radical (unpaired) electrons. The van der Waals surface area contributed by atoms with Crippen molar-refractivity contribution < 1.29 is 9.30 Å². The highest BCUT2D eigenvalue weighted by atomic mass is 16.5. The van der Waals surface area contributed by atoms with Gasteiger partial charge in [-0.05, 0) is 25.8 Å². The summed E-state index contributed by atoms with van der Waals surface area (Å²) in [6.45, 7) is 9.40. The van der Waals surface area contributed by atoms with Gasteiger partial charge in [-0.1, -0.05) is 13.8 Å². The van der Waals surface area contributed by atoms with Crippen molar-refractivity contribution in [3.63, 3.8) is 0 Å². The van der Waals surface area contributed by atoms with Crippen molar-refractivity contribution in [2.24, 2.45) is 5.92 Å². The molecule has 0 aliphatic carbocycles. The number of rotatable bonds is 4. The number of aromatic nitrogens is 1. The molecule has 0 amide bonds. The van der Waals surface area contributed by atoms with Crippen LogP contribution in [0.15, 0.2) is 24.5 Å². The molecule has 0 atom stereocenters. The van der Waals surface area contributed by atoms with E-state index in [9.17, 15) is 0 Å². The Bertz CT molecular complexity index is 281. The fourth-order valence-corrected chi connectivity index (χ4v) is 1.14. The Morgan fingerprint density at radius 2 is 2.00 bits per heavy atom. The van der Waals surface area contributed by atoms with E-state index in [0.717, 1.165) is 12.4 Å². The summed E-state index contributed by atoms with van der Waals surface area (Å²) < 4.78 is 7.79. The van der Waals surface area contributed by atoms with Crippen LogP contribution in [0.5, 0.6) is 5.75 Å². The maximum absolute atomic E-state index is 5.64. The van der Waals surface area contributed by atoms with Crippen LogP contribution in [0.2, 0.25) is 0 Å². The number of nitrogens with zero attached hydrogens (tertiary/aromatic N) is 1. The van der Waals surface area contributed by atoms with Crippen LogP contribution >= 0.6 is 0 Å². The first-order valence-corrected chi connectivity index (χ1v) is 5.23. The molecule has 0 aliphatic rings. The van der Waals surface area contributed by atoms with E-state index < -0.39 is 0 Å². The van der Waals surface area contributed by atoms with Crippen molar-refractivity contribution in [1.82, 2.24) is 0 Å². The lowest BCUT2D eigenvalue weighted by Gasteiger charge is -2.08. The van der Waals surface area contributed by atoms with Crippen LogP contribution < -0.4 is 9.30 Å². The zero-order chi connectivity index (χ0) is 10.6. The number of ether oxygens (including phenoxy) is 1. The molecule has 0 saturated heterocycles. The standard InChI is InChI=1S/C12H20NO/c1-10(2)9-14-12-6-5-7-13(8-12)11(3)4/h5-8,10-11H,9H2,1-4H3/q+1. The average molecular weight is 194 g/mol. The molecule has 1 rings (SSSR count). The highest BCUT2D eigenvalue weighted by Crippen LogP contribution is 2.08. The second kappa shape index (κ2) is 4.99. The Labute approximate surface area is 86.5 Å². The van der Waals surface area contributed by atoms with Crippen LogP contribution in [-0.2, 0) is 0 Å². The van der Waals surface area contributed by atoms with Gasteiger partial charge in [-0.25, -0.2) is 0 Å². The van der Waals surface area contributed by atoms with E-state index in [1.165, 1.54) is 0 Å². The molecule has 0 bridgehead atoms. The lowest BCUT2D eigenvalue weighted by molar-refractivity contribution is -0.716. The largest absolute Gasteiger partial charge is 0.487 e. The van der Waals surface area contributed by atoms with E-state index in [1.807, 2.05) is 18.3 Å². The first-order chi connectivity index (χ1) is 6.59. The average Bonchev–Trinajstić information content (AvgIpc) is 2.15. The first kappa shape index (κ1) is 11.0. The summed E-state index contributed by atoms with van der Waals surface area (Å²) in [6, 6.07) is 4.51. The zero-order valence-electron chi connectivity index (χ0n) is 9.53. The minimum Gasteiger partial charge on any atom is -0.487 e. The Morgan fingerprint density at radius 1 is 1.29 bits per heavy atom. The van der Waals surface area contributed by atoms with Gasteiger partial charge in [0.1, 0.15) is 0 Å². The lowest BCUT2D eigenvalue weighted by Crippen LogP contribution is -2.35. The second-order valence-electron chi connectivity index (χ2n) is 4.29. The van der Waals surface area contributed by atoms with Gasteiger partial charge in [0.05, 0.1) is 6.61 Å². The van der Waals surface area contributed by atoms with E-state index >= 15 is 0 Å². The van der Waals surface area contributed by atoms with Gasteiger partial charge in [0.15, 0.2) is 18.0 Å². The van der Waals surface area contributed by atoms with Gasteiger partial charge in [0, 0.05) is 6.07 Å². The maximum Gasteiger partial charge on any atom is 0.211 e. The van der Waals surface area contributed by atoms with Gasteiger partial charge in [-0.3, -0.25) is 0 Å². The van der Waals surface area contributed by atoms with Crippen molar-refractivity contribution in [2.45, 2.75) is 33.7 Å². The fraction of sp³-hybridized carbons (Fsp3) is 0.583. The minimum absolute atomic E-state index is 0.484. The van der Waals surface area contributed by atoms with Crippen molar-refractivity contribution in [3.05, 3.63) is 24.5 Å².